The van der Waals surface area contributed by atoms with Crippen molar-refractivity contribution in [2.45, 2.75) is 30.7 Å². The van der Waals surface area contributed by atoms with E-state index >= 15 is 0 Å². The lowest BCUT2D eigenvalue weighted by Crippen LogP contribution is -2.46. The van der Waals surface area contributed by atoms with Crippen LogP contribution < -0.4 is 0 Å². The predicted octanol–water partition coefficient (Wildman–Crippen LogP) is -1.12. The fraction of sp³-hybridized carbons (Fsp3) is 0.538. The minimum absolute atomic E-state index is 0.0436. The number of benzene rings is 1. The number of aliphatic hydroxyl groups excluding tert-OH is 4. The number of hydrogen-bond donors (Lipinski definition) is 5. The monoisotopic (exact) mass is 286 g/mol. The predicted molar refractivity (Wildman–Crippen MR) is 66.8 cm³/mol. The van der Waals surface area contributed by atoms with E-state index in [2.05, 4.69) is 0 Å². The number of hydrogen-bond acceptors (Lipinski definition) is 7. The molecule has 1 heterocycles. The van der Waals surface area contributed by atoms with Crippen LogP contribution in [0.15, 0.2) is 24.3 Å². The maximum atomic E-state index is 9.86. The molecule has 2 rings (SSSR count). The number of rotatable bonds is 5. The van der Waals surface area contributed by atoms with Crippen LogP contribution in [0.4, 0.5) is 0 Å². The summed E-state index contributed by atoms with van der Waals surface area (Å²) in [5.74, 6) is 0.116. The fourth-order valence-electron chi connectivity index (χ4n) is 1.96. The normalized spacial score (nSPS) is 27.2. The molecule has 0 bridgehead atoms. The molecule has 5 N–H and O–H groups in total. The van der Waals surface area contributed by atoms with Crippen molar-refractivity contribution in [2.24, 2.45) is 0 Å². The van der Waals surface area contributed by atoms with Gasteiger partial charge in [-0.05, 0) is 12.1 Å². The van der Waals surface area contributed by atoms with Gasteiger partial charge in [0.1, 0.15) is 30.2 Å². The highest BCUT2D eigenvalue weighted by atomic mass is 16.7. The minimum atomic E-state index is -1.52. The first kappa shape index (κ1) is 15.2. The van der Waals surface area contributed by atoms with E-state index in [-0.39, 0.29) is 12.4 Å². The molecule has 0 spiro atoms. The second-order valence-corrected chi connectivity index (χ2v) is 4.66. The van der Waals surface area contributed by atoms with Gasteiger partial charge in [-0.2, -0.15) is 0 Å². The van der Waals surface area contributed by atoms with Crippen molar-refractivity contribution in [3.63, 3.8) is 0 Å². The third kappa shape index (κ3) is 3.26. The van der Waals surface area contributed by atoms with Crippen molar-refractivity contribution in [3.05, 3.63) is 29.8 Å². The van der Waals surface area contributed by atoms with Gasteiger partial charge in [0.25, 0.3) is 0 Å². The second-order valence-electron chi connectivity index (χ2n) is 4.66. The number of aromatic hydroxyl groups is 1. The Balaban J connectivity index is 1.96. The van der Waals surface area contributed by atoms with Crippen LogP contribution in [-0.2, 0) is 9.47 Å². The van der Waals surface area contributed by atoms with Gasteiger partial charge in [-0.15, -0.1) is 0 Å². The van der Waals surface area contributed by atoms with E-state index in [0.29, 0.717) is 5.56 Å². The van der Waals surface area contributed by atoms with Gasteiger partial charge in [0.05, 0.1) is 13.2 Å². The number of phenols is 1. The van der Waals surface area contributed by atoms with Crippen LogP contribution >= 0.6 is 0 Å². The van der Waals surface area contributed by atoms with Crippen molar-refractivity contribution in [3.8, 4) is 5.75 Å². The van der Waals surface area contributed by atoms with Gasteiger partial charge >= 0.3 is 0 Å². The summed E-state index contributed by atoms with van der Waals surface area (Å²) in [6, 6.07) is 6.20. The Morgan fingerprint density at radius 2 is 1.80 bits per heavy atom. The van der Waals surface area contributed by atoms with Gasteiger partial charge in [0.15, 0.2) is 6.29 Å². The molecule has 1 aliphatic heterocycles. The molecule has 1 aliphatic rings. The molecule has 1 unspecified atom stereocenters. The second kappa shape index (κ2) is 6.49. The van der Waals surface area contributed by atoms with E-state index in [4.69, 9.17) is 14.6 Å². The summed E-state index contributed by atoms with van der Waals surface area (Å²) in [6.07, 6.45) is -5.87. The fourth-order valence-corrected chi connectivity index (χ4v) is 1.96. The van der Waals surface area contributed by atoms with Crippen molar-refractivity contribution in [2.75, 3.05) is 13.2 Å². The van der Waals surface area contributed by atoms with Gasteiger partial charge in [-0.1, -0.05) is 12.1 Å². The van der Waals surface area contributed by atoms with Crippen molar-refractivity contribution < 1.29 is 35.0 Å². The Bertz CT molecular complexity index is 421. The number of aliphatic hydroxyl groups is 4. The quantitative estimate of drug-likeness (QED) is 0.465. The topological polar surface area (TPSA) is 120 Å². The number of ether oxygens (including phenoxy) is 2. The first-order valence-electron chi connectivity index (χ1n) is 6.24. The van der Waals surface area contributed by atoms with E-state index in [0.717, 1.165) is 0 Å². The summed E-state index contributed by atoms with van der Waals surface area (Å²) in [5.41, 5.74) is 0.662. The average Bonchev–Trinajstić information content (AvgIpc) is 2.95. The van der Waals surface area contributed by atoms with Crippen molar-refractivity contribution in [1.82, 2.24) is 0 Å². The summed E-state index contributed by atoms with van der Waals surface area (Å²) < 4.78 is 10.8. The lowest BCUT2D eigenvalue weighted by Gasteiger charge is -2.25. The molecular weight excluding hydrogens is 268 g/mol. The molecule has 7 nitrogen and oxygen atoms in total. The summed E-state index contributed by atoms with van der Waals surface area (Å²) in [7, 11) is 0. The molecule has 0 aromatic heterocycles. The van der Waals surface area contributed by atoms with Crippen LogP contribution in [0.5, 0.6) is 5.75 Å². The van der Waals surface area contributed by atoms with Crippen LogP contribution in [0.2, 0.25) is 0 Å². The maximum absolute atomic E-state index is 9.86. The van der Waals surface area contributed by atoms with Crippen LogP contribution in [0.25, 0.3) is 0 Å². The third-order valence-corrected chi connectivity index (χ3v) is 3.19. The van der Waals surface area contributed by atoms with Crippen LogP contribution in [0.3, 0.4) is 0 Å². The smallest absolute Gasteiger partial charge is 0.184 e. The largest absolute Gasteiger partial charge is 0.508 e. The average molecular weight is 286 g/mol. The first-order chi connectivity index (χ1) is 9.52. The van der Waals surface area contributed by atoms with E-state index < -0.39 is 37.3 Å². The van der Waals surface area contributed by atoms with Crippen LogP contribution in [-0.4, -0.2) is 63.2 Å². The molecule has 1 aromatic rings. The van der Waals surface area contributed by atoms with Gasteiger partial charge in [-0.3, -0.25) is 0 Å². The highest BCUT2D eigenvalue weighted by Gasteiger charge is 2.38. The lowest BCUT2D eigenvalue weighted by atomic mass is 10.0. The van der Waals surface area contributed by atoms with Gasteiger partial charge in [0.2, 0.25) is 0 Å². The Kier molecular flexibility index (Phi) is 4.92. The molecule has 7 heteroatoms. The summed E-state index contributed by atoms with van der Waals surface area (Å²) in [6.45, 7) is -0.616. The van der Waals surface area contributed by atoms with E-state index in [9.17, 15) is 20.4 Å². The van der Waals surface area contributed by atoms with Crippen molar-refractivity contribution in [1.29, 1.82) is 0 Å². The van der Waals surface area contributed by atoms with Crippen molar-refractivity contribution >= 4 is 0 Å². The molecule has 0 radical (unpaired) electrons. The van der Waals surface area contributed by atoms with Gasteiger partial charge in [-0.25, -0.2) is 0 Å². The molecule has 1 fully saturated rings. The van der Waals surface area contributed by atoms with Gasteiger partial charge in [0, 0.05) is 5.56 Å². The molecule has 112 valence electrons. The highest BCUT2D eigenvalue weighted by Crippen LogP contribution is 2.30. The van der Waals surface area contributed by atoms with Crippen LogP contribution in [0.1, 0.15) is 11.9 Å². The molecule has 1 saturated heterocycles. The van der Waals surface area contributed by atoms with E-state index in [1.54, 1.807) is 12.1 Å². The summed E-state index contributed by atoms with van der Waals surface area (Å²) in [5, 5.41) is 46.7. The van der Waals surface area contributed by atoms with E-state index in [1.165, 1.54) is 12.1 Å². The molecule has 20 heavy (non-hydrogen) atoms. The maximum Gasteiger partial charge on any atom is 0.184 e. The van der Waals surface area contributed by atoms with Gasteiger partial charge < -0.3 is 35.0 Å². The Morgan fingerprint density at radius 1 is 1.15 bits per heavy atom. The zero-order chi connectivity index (χ0) is 14.7. The molecule has 0 aliphatic carbocycles. The SMILES string of the molecule is OC[C@H](O)[C@@H](O)[C@H](O)[C@H]1COC(c2ccc(O)cc2)O1. The minimum Gasteiger partial charge on any atom is -0.508 e. The molecular formula is C13H18O7. The Labute approximate surface area is 115 Å². The lowest BCUT2D eigenvalue weighted by molar-refractivity contribution is -0.134. The molecule has 5 atom stereocenters. The Hall–Kier alpha value is -1.22. The first-order valence-corrected chi connectivity index (χ1v) is 6.24. The summed E-state index contributed by atoms with van der Waals surface area (Å²) >= 11 is 0. The zero-order valence-electron chi connectivity index (χ0n) is 10.7. The Morgan fingerprint density at radius 3 is 2.40 bits per heavy atom. The number of phenolic OH excluding ortho intramolecular Hbond substituents is 1. The van der Waals surface area contributed by atoms with Crippen LogP contribution in [0, 0.1) is 0 Å². The molecule has 0 saturated carbocycles. The summed E-state index contributed by atoms with van der Waals surface area (Å²) in [4.78, 5) is 0. The molecule has 0 amide bonds. The van der Waals surface area contributed by atoms with E-state index in [1.807, 2.05) is 0 Å². The third-order valence-electron chi connectivity index (χ3n) is 3.19. The standard InChI is InChI=1S/C13H18O7/c14-5-9(16)11(17)12(18)10-6-19-13(20-10)7-1-3-8(15)4-2-7/h1-4,9-18H,5-6H2/t9-,10+,11+,12+,13?/m0/s1. The highest BCUT2D eigenvalue weighted by molar-refractivity contribution is 5.26. The molecule has 1 aromatic carbocycles. The zero-order valence-corrected chi connectivity index (χ0v) is 10.7.